The molecule has 0 aliphatic heterocycles. The fraction of sp³-hybridized carbons (Fsp3) is 0.333. The van der Waals surface area contributed by atoms with Crippen molar-refractivity contribution in [3.8, 4) is 5.75 Å². The van der Waals surface area contributed by atoms with Crippen LogP contribution >= 0.6 is 0 Å². The van der Waals surface area contributed by atoms with Gasteiger partial charge in [0.15, 0.2) is 6.61 Å². The number of nitro benzene ring substituents is 1. The standard InChI is InChI=1S/C12H12F3N3O5/c1-7-4-8(2-3-9(7)18(21)22)23-5-10(19)17-11(20)16-6-12(13,14)15/h2-4H,5-6H2,1H3,(H2,16,17,19,20). The number of halogens is 3. The first-order chi connectivity index (χ1) is 10.6. The topological polar surface area (TPSA) is 111 Å². The van der Waals surface area contributed by atoms with E-state index in [2.05, 4.69) is 0 Å². The molecule has 0 atom stereocenters. The Morgan fingerprint density at radius 2 is 2.00 bits per heavy atom. The van der Waals surface area contributed by atoms with Crippen molar-refractivity contribution in [3.63, 3.8) is 0 Å². The van der Waals surface area contributed by atoms with Crippen molar-refractivity contribution in [2.45, 2.75) is 13.1 Å². The number of ether oxygens (including phenoxy) is 1. The number of nitrogens with zero attached hydrogens (tertiary/aromatic N) is 1. The van der Waals surface area contributed by atoms with Crippen LogP contribution < -0.4 is 15.4 Å². The number of alkyl halides is 3. The molecule has 0 saturated carbocycles. The summed E-state index contributed by atoms with van der Waals surface area (Å²) >= 11 is 0. The second-order valence-electron chi connectivity index (χ2n) is 4.34. The van der Waals surface area contributed by atoms with Crippen LogP contribution in [0.1, 0.15) is 5.56 Å². The van der Waals surface area contributed by atoms with E-state index in [0.717, 1.165) is 0 Å². The summed E-state index contributed by atoms with van der Waals surface area (Å²) in [5.74, 6) is -0.834. The third kappa shape index (κ3) is 6.63. The molecule has 1 rings (SSSR count). The fourth-order valence-corrected chi connectivity index (χ4v) is 1.46. The predicted octanol–water partition coefficient (Wildman–Crippen LogP) is 1.67. The van der Waals surface area contributed by atoms with E-state index in [9.17, 15) is 32.9 Å². The second-order valence-corrected chi connectivity index (χ2v) is 4.34. The lowest BCUT2D eigenvalue weighted by molar-refractivity contribution is -0.385. The van der Waals surface area contributed by atoms with Gasteiger partial charge in [0.05, 0.1) is 4.92 Å². The molecule has 0 fully saturated rings. The molecule has 126 valence electrons. The number of benzene rings is 1. The summed E-state index contributed by atoms with van der Waals surface area (Å²) in [5, 5.41) is 13.7. The van der Waals surface area contributed by atoms with Crippen molar-refractivity contribution >= 4 is 17.6 Å². The lowest BCUT2D eigenvalue weighted by Gasteiger charge is -2.10. The molecule has 0 aromatic heterocycles. The highest BCUT2D eigenvalue weighted by atomic mass is 19.4. The van der Waals surface area contributed by atoms with Crippen molar-refractivity contribution in [2.24, 2.45) is 0 Å². The van der Waals surface area contributed by atoms with Crippen LogP contribution in [0.2, 0.25) is 0 Å². The van der Waals surface area contributed by atoms with Gasteiger partial charge in [-0.25, -0.2) is 4.79 Å². The van der Waals surface area contributed by atoms with Crippen LogP contribution in [0, 0.1) is 17.0 Å². The first-order valence-corrected chi connectivity index (χ1v) is 6.11. The van der Waals surface area contributed by atoms with Gasteiger partial charge in [-0.3, -0.25) is 20.2 Å². The molecule has 23 heavy (non-hydrogen) atoms. The van der Waals surface area contributed by atoms with E-state index in [-0.39, 0.29) is 11.4 Å². The van der Waals surface area contributed by atoms with Crippen molar-refractivity contribution in [2.75, 3.05) is 13.2 Å². The van der Waals surface area contributed by atoms with Gasteiger partial charge in [-0.15, -0.1) is 0 Å². The predicted molar refractivity (Wildman–Crippen MR) is 70.9 cm³/mol. The molecule has 2 N–H and O–H groups in total. The van der Waals surface area contributed by atoms with E-state index in [1.807, 2.05) is 0 Å². The SMILES string of the molecule is Cc1cc(OCC(=O)NC(=O)NCC(F)(F)F)ccc1[N+](=O)[O-]. The molecule has 0 aliphatic rings. The Balaban J connectivity index is 2.46. The normalized spacial score (nSPS) is 10.8. The number of nitrogens with one attached hydrogen (secondary N) is 2. The molecule has 0 bridgehead atoms. The first kappa shape index (κ1) is 18.2. The van der Waals surface area contributed by atoms with Crippen LogP contribution in [0.25, 0.3) is 0 Å². The Morgan fingerprint density at radius 1 is 1.35 bits per heavy atom. The summed E-state index contributed by atoms with van der Waals surface area (Å²) in [6.45, 7) is -0.749. The summed E-state index contributed by atoms with van der Waals surface area (Å²) in [4.78, 5) is 32.4. The van der Waals surface area contributed by atoms with Gasteiger partial charge in [-0.1, -0.05) is 0 Å². The van der Waals surface area contributed by atoms with Crippen molar-refractivity contribution in [1.82, 2.24) is 10.6 Å². The molecule has 0 saturated heterocycles. The summed E-state index contributed by atoms with van der Waals surface area (Å²) in [5.41, 5.74) is 0.171. The zero-order valence-corrected chi connectivity index (χ0v) is 11.8. The van der Waals surface area contributed by atoms with Crippen LogP contribution in [0.3, 0.4) is 0 Å². The van der Waals surface area contributed by atoms with E-state index in [0.29, 0.717) is 5.56 Å². The van der Waals surface area contributed by atoms with Crippen molar-refractivity contribution in [3.05, 3.63) is 33.9 Å². The number of amides is 3. The fourth-order valence-electron chi connectivity index (χ4n) is 1.46. The average Bonchev–Trinajstić information content (AvgIpc) is 2.42. The average molecular weight is 335 g/mol. The third-order valence-electron chi connectivity index (χ3n) is 2.44. The maximum atomic E-state index is 11.8. The third-order valence-corrected chi connectivity index (χ3v) is 2.44. The molecule has 0 unspecified atom stereocenters. The van der Waals surface area contributed by atoms with Gasteiger partial charge in [0.1, 0.15) is 12.3 Å². The molecule has 1 aromatic carbocycles. The van der Waals surface area contributed by atoms with Crippen LogP contribution in [-0.2, 0) is 4.79 Å². The zero-order valence-electron chi connectivity index (χ0n) is 11.8. The van der Waals surface area contributed by atoms with Crippen molar-refractivity contribution < 1.29 is 32.4 Å². The molecule has 0 spiro atoms. The Morgan fingerprint density at radius 3 is 2.52 bits per heavy atom. The van der Waals surface area contributed by atoms with Crippen LogP contribution in [0.15, 0.2) is 18.2 Å². The summed E-state index contributed by atoms with van der Waals surface area (Å²) in [7, 11) is 0. The number of aryl methyl sites for hydroxylation is 1. The number of carbonyl (C=O) groups is 2. The monoisotopic (exact) mass is 335 g/mol. The van der Waals surface area contributed by atoms with E-state index < -0.39 is 36.2 Å². The van der Waals surface area contributed by atoms with Crippen molar-refractivity contribution in [1.29, 1.82) is 0 Å². The Hall–Kier alpha value is -2.85. The molecule has 1 aromatic rings. The quantitative estimate of drug-likeness (QED) is 0.628. The Bertz CT molecular complexity index is 618. The minimum absolute atomic E-state index is 0.131. The highest BCUT2D eigenvalue weighted by Gasteiger charge is 2.28. The molecule has 0 heterocycles. The number of hydrogen-bond donors (Lipinski definition) is 2. The van der Waals surface area contributed by atoms with E-state index >= 15 is 0 Å². The molecule has 0 aliphatic carbocycles. The lowest BCUT2D eigenvalue weighted by atomic mass is 10.2. The molecule has 3 amide bonds. The van der Waals surface area contributed by atoms with E-state index in [1.165, 1.54) is 30.4 Å². The Labute approximate surface area is 127 Å². The van der Waals surface area contributed by atoms with Gasteiger partial charge in [-0.2, -0.15) is 13.2 Å². The molecule has 11 heteroatoms. The smallest absolute Gasteiger partial charge is 0.405 e. The molecular formula is C12H12F3N3O5. The van der Waals surface area contributed by atoms with Crippen LogP contribution in [0.4, 0.5) is 23.7 Å². The number of hydrogen-bond acceptors (Lipinski definition) is 5. The van der Waals surface area contributed by atoms with Gasteiger partial charge >= 0.3 is 12.2 Å². The largest absolute Gasteiger partial charge is 0.484 e. The molecule has 8 nitrogen and oxygen atoms in total. The molecule has 0 radical (unpaired) electrons. The van der Waals surface area contributed by atoms with E-state index in [4.69, 9.17) is 4.74 Å². The number of nitro groups is 1. The maximum absolute atomic E-state index is 11.8. The Kier molecular flexibility index (Phi) is 5.87. The summed E-state index contributed by atoms with van der Waals surface area (Å²) in [6.07, 6.45) is -4.59. The first-order valence-electron chi connectivity index (χ1n) is 6.11. The van der Waals surface area contributed by atoms with Gasteiger partial charge in [0, 0.05) is 11.6 Å². The summed E-state index contributed by atoms with van der Waals surface area (Å²) in [6, 6.07) is 2.44. The summed E-state index contributed by atoms with van der Waals surface area (Å²) < 4.78 is 40.5. The van der Waals surface area contributed by atoms with Gasteiger partial charge < -0.3 is 10.1 Å². The van der Waals surface area contributed by atoms with Crippen LogP contribution in [0.5, 0.6) is 5.75 Å². The number of urea groups is 1. The number of imide groups is 1. The zero-order chi connectivity index (χ0) is 17.6. The van der Waals surface area contributed by atoms with Gasteiger partial charge in [0.25, 0.3) is 11.6 Å². The minimum Gasteiger partial charge on any atom is -0.484 e. The highest BCUT2D eigenvalue weighted by molar-refractivity contribution is 5.95. The minimum atomic E-state index is -4.59. The molecular weight excluding hydrogens is 323 g/mol. The lowest BCUT2D eigenvalue weighted by Crippen LogP contribution is -2.44. The van der Waals surface area contributed by atoms with Crippen LogP contribution in [-0.4, -0.2) is 36.2 Å². The van der Waals surface area contributed by atoms with Gasteiger partial charge in [0.2, 0.25) is 0 Å². The van der Waals surface area contributed by atoms with E-state index in [1.54, 1.807) is 5.32 Å². The maximum Gasteiger partial charge on any atom is 0.405 e. The van der Waals surface area contributed by atoms with Gasteiger partial charge in [-0.05, 0) is 19.1 Å². The highest BCUT2D eigenvalue weighted by Crippen LogP contribution is 2.22. The number of rotatable bonds is 5. The number of carbonyl (C=O) groups excluding carboxylic acids is 2. The second kappa shape index (κ2) is 7.42.